The van der Waals surface area contributed by atoms with Gasteiger partial charge in [-0.1, -0.05) is 0 Å². The van der Waals surface area contributed by atoms with Crippen LogP contribution in [0.4, 0.5) is 0 Å². The summed E-state index contributed by atoms with van der Waals surface area (Å²) in [6.45, 7) is 6.49. The highest BCUT2D eigenvalue weighted by atomic mass is 32.1. The first kappa shape index (κ1) is 17.0. The highest BCUT2D eigenvalue weighted by Crippen LogP contribution is 2.15. The standard InChI is InChI=1S/C17H22N4O2S/c1-12-5-15(19-11-18-12)6-14-8-21(3-4-23-9-14)17(22)7-16-10-24-13(2)20-16/h5,10-11,14H,3-4,6-9H2,1-2H3/t14-/m0/s1. The molecule has 1 amide bonds. The van der Waals surface area contributed by atoms with Gasteiger partial charge in [-0.25, -0.2) is 15.0 Å². The minimum atomic E-state index is 0.120. The molecule has 1 atom stereocenters. The van der Waals surface area contributed by atoms with E-state index in [1.165, 1.54) is 0 Å². The summed E-state index contributed by atoms with van der Waals surface area (Å²) in [5, 5.41) is 2.96. The predicted molar refractivity (Wildman–Crippen MR) is 91.9 cm³/mol. The molecule has 0 aliphatic carbocycles. The van der Waals surface area contributed by atoms with E-state index >= 15 is 0 Å². The molecule has 128 valence electrons. The van der Waals surface area contributed by atoms with Crippen LogP contribution < -0.4 is 0 Å². The molecule has 1 aliphatic heterocycles. The number of hydrogen-bond donors (Lipinski definition) is 0. The molecule has 2 aromatic rings. The second-order valence-electron chi connectivity index (χ2n) is 6.17. The van der Waals surface area contributed by atoms with Crippen LogP contribution in [0.15, 0.2) is 17.8 Å². The van der Waals surface area contributed by atoms with Crippen molar-refractivity contribution in [2.24, 2.45) is 5.92 Å². The van der Waals surface area contributed by atoms with Crippen LogP contribution >= 0.6 is 11.3 Å². The van der Waals surface area contributed by atoms with E-state index in [4.69, 9.17) is 4.74 Å². The van der Waals surface area contributed by atoms with Crippen molar-refractivity contribution in [3.63, 3.8) is 0 Å². The lowest BCUT2D eigenvalue weighted by atomic mass is 10.0. The summed E-state index contributed by atoms with van der Waals surface area (Å²) in [5.74, 6) is 0.373. The zero-order chi connectivity index (χ0) is 16.9. The Hall–Kier alpha value is -1.86. The first-order chi connectivity index (χ1) is 11.6. The van der Waals surface area contributed by atoms with Crippen molar-refractivity contribution in [3.8, 4) is 0 Å². The fourth-order valence-corrected chi connectivity index (χ4v) is 3.52. The molecule has 1 aliphatic rings. The lowest BCUT2D eigenvalue weighted by molar-refractivity contribution is -0.130. The number of hydrogen-bond acceptors (Lipinski definition) is 6. The zero-order valence-electron chi connectivity index (χ0n) is 14.1. The number of ether oxygens (including phenoxy) is 1. The summed E-state index contributed by atoms with van der Waals surface area (Å²) < 4.78 is 5.69. The molecule has 3 heterocycles. The Bertz CT molecular complexity index is 703. The summed E-state index contributed by atoms with van der Waals surface area (Å²) >= 11 is 1.58. The molecule has 0 radical (unpaired) electrons. The van der Waals surface area contributed by atoms with Crippen LogP contribution in [0.25, 0.3) is 0 Å². The van der Waals surface area contributed by atoms with E-state index in [0.717, 1.165) is 28.5 Å². The van der Waals surface area contributed by atoms with Gasteiger partial charge in [0.2, 0.25) is 5.91 Å². The molecule has 0 unspecified atom stereocenters. The molecule has 0 N–H and O–H groups in total. The Morgan fingerprint density at radius 2 is 2.25 bits per heavy atom. The molecule has 0 saturated carbocycles. The molecule has 0 bridgehead atoms. The van der Waals surface area contributed by atoms with Crippen molar-refractivity contribution in [2.75, 3.05) is 26.3 Å². The molecule has 1 fully saturated rings. The van der Waals surface area contributed by atoms with E-state index in [1.807, 2.05) is 30.2 Å². The molecule has 7 heteroatoms. The number of carbonyl (C=O) groups excluding carboxylic acids is 1. The molecule has 1 saturated heterocycles. The van der Waals surface area contributed by atoms with Gasteiger partial charge in [-0.05, 0) is 26.3 Å². The summed E-state index contributed by atoms with van der Waals surface area (Å²) in [6, 6.07) is 2.00. The first-order valence-corrected chi connectivity index (χ1v) is 9.02. The number of thiazole rings is 1. The third kappa shape index (κ3) is 4.58. The monoisotopic (exact) mass is 346 g/mol. The van der Waals surface area contributed by atoms with Gasteiger partial charge in [0.05, 0.1) is 30.3 Å². The molecule has 2 aromatic heterocycles. The Balaban J connectivity index is 1.62. The lowest BCUT2D eigenvalue weighted by Crippen LogP contribution is -2.37. The van der Waals surface area contributed by atoms with E-state index in [-0.39, 0.29) is 11.8 Å². The third-order valence-corrected chi connectivity index (χ3v) is 4.87. The number of aryl methyl sites for hydroxylation is 2. The number of aromatic nitrogens is 3. The van der Waals surface area contributed by atoms with Crippen molar-refractivity contribution >= 4 is 17.2 Å². The highest BCUT2D eigenvalue weighted by Gasteiger charge is 2.23. The SMILES string of the molecule is Cc1cc(C[C@@H]2COCCN(C(=O)Cc3csc(C)n3)C2)ncn1. The molecule has 0 aromatic carbocycles. The topological polar surface area (TPSA) is 68.2 Å². The highest BCUT2D eigenvalue weighted by molar-refractivity contribution is 7.09. The third-order valence-electron chi connectivity index (χ3n) is 4.05. The normalized spacial score (nSPS) is 18.4. The Kier molecular flexibility index (Phi) is 5.52. The van der Waals surface area contributed by atoms with Gasteiger partial charge < -0.3 is 9.64 Å². The molecular weight excluding hydrogens is 324 g/mol. The maximum Gasteiger partial charge on any atom is 0.228 e. The molecule has 24 heavy (non-hydrogen) atoms. The van der Waals surface area contributed by atoms with Crippen LogP contribution in [-0.2, 0) is 22.4 Å². The average molecular weight is 346 g/mol. The van der Waals surface area contributed by atoms with Gasteiger partial charge in [0.15, 0.2) is 0 Å². The van der Waals surface area contributed by atoms with Crippen molar-refractivity contribution in [1.29, 1.82) is 0 Å². The molecular formula is C17H22N4O2S. The second kappa shape index (κ2) is 7.81. The van der Waals surface area contributed by atoms with E-state index in [9.17, 15) is 4.79 Å². The molecule has 0 spiro atoms. The van der Waals surface area contributed by atoms with Crippen LogP contribution in [0.3, 0.4) is 0 Å². The Labute approximate surface area is 145 Å². The molecule has 6 nitrogen and oxygen atoms in total. The predicted octanol–water partition coefficient (Wildman–Crippen LogP) is 1.81. The zero-order valence-corrected chi connectivity index (χ0v) is 14.9. The quantitative estimate of drug-likeness (QED) is 0.844. The smallest absolute Gasteiger partial charge is 0.228 e. The van der Waals surface area contributed by atoms with Crippen molar-refractivity contribution in [2.45, 2.75) is 26.7 Å². The van der Waals surface area contributed by atoms with E-state index in [2.05, 4.69) is 15.0 Å². The minimum Gasteiger partial charge on any atom is -0.379 e. The van der Waals surface area contributed by atoms with Crippen LogP contribution in [0.1, 0.15) is 22.1 Å². The Morgan fingerprint density at radius 1 is 1.38 bits per heavy atom. The van der Waals surface area contributed by atoms with Gasteiger partial charge >= 0.3 is 0 Å². The lowest BCUT2D eigenvalue weighted by Gasteiger charge is -2.23. The number of nitrogens with zero attached hydrogens (tertiary/aromatic N) is 4. The summed E-state index contributed by atoms with van der Waals surface area (Å²) in [6.07, 6.45) is 2.75. The van der Waals surface area contributed by atoms with Crippen LogP contribution in [0, 0.1) is 19.8 Å². The van der Waals surface area contributed by atoms with Crippen LogP contribution in [-0.4, -0.2) is 52.1 Å². The van der Waals surface area contributed by atoms with Gasteiger partial charge in [-0.2, -0.15) is 0 Å². The number of rotatable bonds is 4. The fraction of sp³-hybridized carbons (Fsp3) is 0.529. The maximum absolute atomic E-state index is 12.6. The summed E-state index contributed by atoms with van der Waals surface area (Å²) in [5.41, 5.74) is 2.82. The van der Waals surface area contributed by atoms with Crippen molar-refractivity contribution < 1.29 is 9.53 Å². The second-order valence-corrected chi connectivity index (χ2v) is 7.23. The van der Waals surface area contributed by atoms with Gasteiger partial charge in [0.1, 0.15) is 6.33 Å². The van der Waals surface area contributed by atoms with Gasteiger partial charge in [0, 0.05) is 35.8 Å². The summed E-state index contributed by atoms with van der Waals surface area (Å²) in [7, 11) is 0. The molecule has 3 rings (SSSR count). The van der Waals surface area contributed by atoms with Gasteiger partial charge in [-0.15, -0.1) is 11.3 Å². The first-order valence-electron chi connectivity index (χ1n) is 8.14. The van der Waals surface area contributed by atoms with Gasteiger partial charge in [0.25, 0.3) is 0 Å². The number of amides is 1. The van der Waals surface area contributed by atoms with E-state index in [1.54, 1.807) is 17.7 Å². The minimum absolute atomic E-state index is 0.120. The maximum atomic E-state index is 12.6. The summed E-state index contributed by atoms with van der Waals surface area (Å²) in [4.78, 5) is 27.3. The Morgan fingerprint density at radius 3 is 3.00 bits per heavy atom. The van der Waals surface area contributed by atoms with E-state index in [0.29, 0.717) is 32.7 Å². The van der Waals surface area contributed by atoms with E-state index < -0.39 is 0 Å². The van der Waals surface area contributed by atoms with Crippen molar-refractivity contribution in [3.05, 3.63) is 39.9 Å². The number of carbonyl (C=O) groups is 1. The van der Waals surface area contributed by atoms with Gasteiger partial charge in [-0.3, -0.25) is 4.79 Å². The van der Waals surface area contributed by atoms with Crippen LogP contribution in [0.2, 0.25) is 0 Å². The largest absolute Gasteiger partial charge is 0.379 e. The van der Waals surface area contributed by atoms with Crippen LogP contribution in [0.5, 0.6) is 0 Å². The van der Waals surface area contributed by atoms with Crippen molar-refractivity contribution in [1.82, 2.24) is 19.9 Å². The average Bonchev–Trinajstić information content (AvgIpc) is 2.81. The fourth-order valence-electron chi connectivity index (χ4n) is 2.90.